The molecule has 0 aromatic carbocycles. The lowest BCUT2D eigenvalue weighted by molar-refractivity contribution is -0.888. The Labute approximate surface area is 109 Å². The Morgan fingerprint density at radius 1 is 1.50 bits per heavy atom. The van der Waals surface area contributed by atoms with Crippen molar-refractivity contribution in [3.05, 3.63) is 12.7 Å². The van der Waals surface area contributed by atoms with Crippen LogP contribution in [-0.4, -0.2) is 61.6 Å². The van der Waals surface area contributed by atoms with Crippen molar-refractivity contribution < 1.29 is 26.8 Å². The fourth-order valence-electron chi connectivity index (χ4n) is 0.949. The number of hydrogen-bond donors (Lipinski definition) is 2. The monoisotopic (exact) mass is 282 g/mol. The molecule has 0 aliphatic rings. The number of quaternary nitrogens is 1. The minimum atomic E-state index is -4.92. The molecule has 0 aromatic heterocycles. The van der Waals surface area contributed by atoms with E-state index >= 15 is 0 Å². The van der Waals surface area contributed by atoms with Crippen molar-refractivity contribution in [1.82, 2.24) is 5.32 Å². The first kappa shape index (κ1) is 19.4. The van der Waals surface area contributed by atoms with Gasteiger partial charge in [0.15, 0.2) is 0 Å². The van der Waals surface area contributed by atoms with Gasteiger partial charge >= 0.3 is 0 Å². The van der Waals surface area contributed by atoms with E-state index in [0.717, 1.165) is 30.5 Å². The molecular formula is C10H22N2O5S. The van der Waals surface area contributed by atoms with Gasteiger partial charge in [-0.3, -0.25) is 9.35 Å². The first-order chi connectivity index (χ1) is 8.02. The van der Waals surface area contributed by atoms with E-state index < -0.39 is 10.4 Å². The highest BCUT2D eigenvalue weighted by Crippen LogP contribution is 1.96. The third-order valence-electron chi connectivity index (χ3n) is 2.28. The molecule has 8 heteroatoms. The summed E-state index contributed by atoms with van der Waals surface area (Å²) in [5.74, 6) is -0.0817. The number of amides is 1. The lowest BCUT2D eigenvalue weighted by Gasteiger charge is -2.28. The highest BCUT2D eigenvalue weighted by molar-refractivity contribution is 7.79. The highest BCUT2D eigenvalue weighted by Gasteiger charge is 2.10. The lowest BCUT2D eigenvalue weighted by atomic mass is 10.3. The fourth-order valence-corrected chi connectivity index (χ4v) is 0.949. The van der Waals surface area contributed by atoms with Crippen molar-refractivity contribution >= 4 is 16.3 Å². The van der Waals surface area contributed by atoms with Crippen molar-refractivity contribution in [3.63, 3.8) is 0 Å². The Hall–Kier alpha value is -0.960. The summed E-state index contributed by atoms with van der Waals surface area (Å²) in [4.78, 5) is 10.8. The zero-order valence-electron chi connectivity index (χ0n) is 11.0. The van der Waals surface area contributed by atoms with E-state index in [1.807, 2.05) is 0 Å². The van der Waals surface area contributed by atoms with E-state index in [1.165, 1.54) is 6.08 Å². The minimum absolute atomic E-state index is 0.0817. The molecule has 0 rings (SSSR count). The molecule has 1 amide bonds. The third kappa shape index (κ3) is 20.5. The molecule has 108 valence electrons. The van der Waals surface area contributed by atoms with Crippen LogP contribution in [0.5, 0.6) is 0 Å². The molecule has 0 bridgehead atoms. The fraction of sp³-hybridized carbons (Fsp3) is 0.700. The maximum absolute atomic E-state index is 10.8. The van der Waals surface area contributed by atoms with E-state index in [9.17, 15) is 4.79 Å². The van der Waals surface area contributed by atoms with Crippen molar-refractivity contribution in [2.24, 2.45) is 0 Å². The molecule has 0 saturated carbocycles. The Morgan fingerprint density at radius 3 is 2.28 bits per heavy atom. The van der Waals surface area contributed by atoms with Crippen LogP contribution in [0.1, 0.15) is 13.3 Å². The quantitative estimate of drug-likeness (QED) is 0.230. The first-order valence-corrected chi connectivity index (χ1v) is 6.79. The number of nitrogens with one attached hydrogen (secondary N) is 1. The van der Waals surface area contributed by atoms with Gasteiger partial charge < -0.3 is 14.4 Å². The summed E-state index contributed by atoms with van der Waals surface area (Å²) < 4.78 is 33.8. The van der Waals surface area contributed by atoms with Crippen LogP contribution >= 0.6 is 0 Å². The maximum Gasteiger partial charge on any atom is 0.243 e. The van der Waals surface area contributed by atoms with Gasteiger partial charge in [-0.05, 0) is 13.0 Å². The molecule has 0 aromatic rings. The Kier molecular flexibility index (Phi) is 9.73. The number of hydrogen-bond acceptors (Lipinski definition) is 4. The van der Waals surface area contributed by atoms with Gasteiger partial charge in [0.05, 0.1) is 27.2 Å². The standard InChI is InChI=1S/C10H20N2O.H2O4S/c1-5-10(13)11-8-7-9-12(3,4)6-2;1-5(2,3)4/h5H,1,6-9H2,2-4H3;(H2,1,2,3,4). The zero-order chi connectivity index (χ0) is 14.8. The molecule has 0 radical (unpaired) electrons. The number of carbonyl (C=O) groups excluding carboxylic acids is 1. The molecule has 18 heavy (non-hydrogen) atoms. The summed E-state index contributed by atoms with van der Waals surface area (Å²) in [5, 5.41) is 2.76. The Bertz CT molecular complexity index is 343. The second-order valence-electron chi connectivity index (χ2n) is 4.25. The summed E-state index contributed by atoms with van der Waals surface area (Å²) in [6, 6.07) is 0. The molecule has 7 nitrogen and oxygen atoms in total. The van der Waals surface area contributed by atoms with Gasteiger partial charge in [-0.25, -0.2) is 8.42 Å². The van der Waals surface area contributed by atoms with E-state index in [2.05, 4.69) is 32.9 Å². The summed E-state index contributed by atoms with van der Waals surface area (Å²) in [6.45, 7) is 8.51. The van der Waals surface area contributed by atoms with E-state index in [4.69, 9.17) is 17.5 Å². The highest BCUT2D eigenvalue weighted by atomic mass is 32.3. The van der Waals surface area contributed by atoms with Gasteiger partial charge in [0.1, 0.15) is 0 Å². The largest absolute Gasteiger partial charge is 0.726 e. The molecule has 2 N–H and O–H groups in total. The SMILES string of the molecule is C=CC(=O)NCCC[N+](C)(C)CC.O=S(=O)([O-])O. The Morgan fingerprint density at radius 2 is 1.94 bits per heavy atom. The van der Waals surface area contributed by atoms with Gasteiger partial charge in [-0.2, -0.15) is 0 Å². The van der Waals surface area contributed by atoms with Crippen LogP contribution in [0, 0.1) is 0 Å². The second kappa shape index (κ2) is 9.03. The van der Waals surface area contributed by atoms with Gasteiger partial charge in [0.25, 0.3) is 0 Å². The minimum Gasteiger partial charge on any atom is -0.726 e. The van der Waals surface area contributed by atoms with E-state index in [1.54, 1.807) is 0 Å². The molecule has 0 heterocycles. The predicted molar refractivity (Wildman–Crippen MR) is 67.7 cm³/mol. The maximum atomic E-state index is 10.8. The molecule has 0 atom stereocenters. The first-order valence-electron chi connectivity index (χ1n) is 5.42. The van der Waals surface area contributed by atoms with Gasteiger partial charge in [-0.1, -0.05) is 6.58 Å². The van der Waals surface area contributed by atoms with Crippen molar-refractivity contribution in [2.45, 2.75) is 13.3 Å². The van der Waals surface area contributed by atoms with Crippen molar-refractivity contribution in [2.75, 3.05) is 33.7 Å². The normalized spacial score (nSPS) is 11.2. The van der Waals surface area contributed by atoms with Crippen LogP contribution in [0.2, 0.25) is 0 Å². The topological polar surface area (TPSA) is 107 Å². The number of rotatable bonds is 6. The summed E-state index contributed by atoms with van der Waals surface area (Å²) in [7, 11) is -0.537. The van der Waals surface area contributed by atoms with Crippen LogP contribution in [-0.2, 0) is 15.2 Å². The van der Waals surface area contributed by atoms with Crippen LogP contribution < -0.4 is 5.32 Å². The molecule has 0 spiro atoms. The van der Waals surface area contributed by atoms with Crippen LogP contribution in [0.4, 0.5) is 0 Å². The van der Waals surface area contributed by atoms with Gasteiger partial charge in [0.2, 0.25) is 16.3 Å². The molecule has 0 fully saturated rings. The summed E-state index contributed by atoms with van der Waals surface area (Å²) in [6.07, 6.45) is 2.32. The summed E-state index contributed by atoms with van der Waals surface area (Å²) in [5.41, 5.74) is 0. The zero-order valence-corrected chi connectivity index (χ0v) is 11.9. The average molecular weight is 282 g/mol. The lowest BCUT2D eigenvalue weighted by Crippen LogP contribution is -2.41. The molecular weight excluding hydrogens is 260 g/mol. The van der Waals surface area contributed by atoms with Crippen molar-refractivity contribution in [1.29, 1.82) is 0 Å². The van der Waals surface area contributed by atoms with Crippen molar-refractivity contribution in [3.8, 4) is 0 Å². The predicted octanol–water partition coefficient (Wildman–Crippen LogP) is -0.220. The molecule has 0 unspecified atom stereocenters. The molecule has 0 aliphatic carbocycles. The van der Waals surface area contributed by atoms with Crippen LogP contribution in [0.15, 0.2) is 12.7 Å². The van der Waals surface area contributed by atoms with Gasteiger partial charge in [-0.15, -0.1) is 0 Å². The smallest absolute Gasteiger partial charge is 0.243 e. The van der Waals surface area contributed by atoms with E-state index in [-0.39, 0.29) is 5.91 Å². The number of nitrogens with zero attached hydrogens (tertiary/aromatic N) is 1. The van der Waals surface area contributed by atoms with E-state index in [0.29, 0.717) is 0 Å². The second-order valence-corrected chi connectivity index (χ2v) is 5.11. The number of carbonyl (C=O) groups is 1. The molecule has 0 saturated heterocycles. The molecule has 0 aliphatic heterocycles. The van der Waals surface area contributed by atoms with Gasteiger partial charge in [0, 0.05) is 13.0 Å². The summed E-state index contributed by atoms with van der Waals surface area (Å²) >= 11 is 0. The van der Waals surface area contributed by atoms with Crippen LogP contribution in [0.3, 0.4) is 0 Å². The average Bonchev–Trinajstić information content (AvgIpc) is 2.21. The van der Waals surface area contributed by atoms with Crippen LogP contribution in [0.25, 0.3) is 0 Å². The Balaban J connectivity index is 0. The third-order valence-corrected chi connectivity index (χ3v) is 2.28.